The number of rotatable bonds is 1. The molecule has 2 spiro atoms. The second kappa shape index (κ2) is 7.82. The van der Waals surface area contributed by atoms with Crippen molar-refractivity contribution in [2.45, 2.75) is 84.5 Å². The Morgan fingerprint density at radius 3 is 2.55 bits per heavy atom. The van der Waals surface area contributed by atoms with E-state index in [1.807, 2.05) is 18.2 Å². The third kappa shape index (κ3) is 2.91. The summed E-state index contributed by atoms with van der Waals surface area (Å²) >= 11 is 0. The number of fused-ring (bicyclic) bond motifs is 5. The molecule has 0 aromatic carbocycles. The molecule has 4 heterocycles. The Labute approximate surface area is 224 Å². The van der Waals surface area contributed by atoms with Gasteiger partial charge in [-0.05, 0) is 67.6 Å². The van der Waals surface area contributed by atoms with Crippen molar-refractivity contribution in [2.75, 3.05) is 13.2 Å². The molecule has 2 aromatic rings. The van der Waals surface area contributed by atoms with Crippen LogP contribution in [0.1, 0.15) is 72.3 Å². The third-order valence-corrected chi connectivity index (χ3v) is 11.8. The molecule has 0 bridgehead atoms. The SMILES string of the molecule is CC1=CC[C@@H]2[C@@]3(C)CCC4(OCCO4)C(C)(C)[C@@H]3CC[C@@]2(C)[C@]12Cc1c(cc(-c3cccnc3)oc1=O)O2. The Kier molecular flexibility index (Phi) is 5.06. The molecule has 3 aliphatic carbocycles. The smallest absolute Gasteiger partial charge is 0.343 e. The van der Waals surface area contributed by atoms with Crippen molar-refractivity contribution >= 4 is 0 Å². The van der Waals surface area contributed by atoms with Gasteiger partial charge in [0.25, 0.3) is 0 Å². The molecule has 202 valence electrons. The van der Waals surface area contributed by atoms with Gasteiger partial charge in [-0.1, -0.05) is 33.8 Å². The molecule has 0 unspecified atom stereocenters. The summed E-state index contributed by atoms with van der Waals surface area (Å²) in [5, 5.41) is 0. The van der Waals surface area contributed by atoms with Crippen molar-refractivity contribution in [3.63, 3.8) is 0 Å². The van der Waals surface area contributed by atoms with E-state index in [-0.39, 0.29) is 21.9 Å². The Hall–Kier alpha value is -2.44. The molecule has 5 aliphatic rings. The summed E-state index contributed by atoms with van der Waals surface area (Å²) in [5.74, 6) is 1.61. The molecule has 1 saturated heterocycles. The maximum atomic E-state index is 13.3. The van der Waals surface area contributed by atoms with Gasteiger partial charge in [0, 0.05) is 47.7 Å². The van der Waals surface area contributed by atoms with Crippen LogP contribution in [0.2, 0.25) is 0 Å². The highest BCUT2D eigenvalue weighted by Crippen LogP contribution is 2.72. The number of pyridine rings is 1. The van der Waals surface area contributed by atoms with Crippen LogP contribution in [0.25, 0.3) is 11.3 Å². The Bertz CT molecular complexity index is 1370. The lowest BCUT2D eigenvalue weighted by atomic mass is 9.38. The van der Waals surface area contributed by atoms with Gasteiger partial charge in [-0.25, -0.2) is 4.79 Å². The molecular weight excluding hydrogens is 478 g/mol. The van der Waals surface area contributed by atoms with Crippen molar-refractivity contribution in [3.05, 3.63) is 58.2 Å². The first-order valence-electron chi connectivity index (χ1n) is 14.3. The first kappa shape index (κ1) is 24.6. The molecule has 2 saturated carbocycles. The van der Waals surface area contributed by atoms with Crippen LogP contribution in [0.4, 0.5) is 0 Å². The zero-order chi connectivity index (χ0) is 26.6. The monoisotopic (exact) mass is 517 g/mol. The number of nitrogens with zero attached hydrogens (tertiary/aromatic N) is 1. The number of allylic oxidation sites excluding steroid dienone is 1. The van der Waals surface area contributed by atoms with E-state index in [1.54, 1.807) is 12.4 Å². The lowest BCUT2D eigenvalue weighted by molar-refractivity contribution is -0.307. The van der Waals surface area contributed by atoms with Gasteiger partial charge in [0.2, 0.25) is 0 Å². The van der Waals surface area contributed by atoms with E-state index in [4.69, 9.17) is 18.6 Å². The van der Waals surface area contributed by atoms with Crippen LogP contribution < -0.4 is 10.4 Å². The van der Waals surface area contributed by atoms with Crippen LogP contribution in [0.15, 0.2) is 51.5 Å². The van der Waals surface area contributed by atoms with Crippen LogP contribution in [0.3, 0.4) is 0 Å². The lowest BCUT2D eigenvalue weighted by Crippen LogP contribution is -2.68. The lowest BCUT2D eigenvalue weighted by Gasteiger charge is -2.69. The molecule has 3 fully saturated rings. The van der Waals surface area contributed by atoms with Gasteiger partial charge in [-0.2, -0.15) is 0 Å². The van der Waals surface area contributed by atoms with E-state index in [2.05, 4.69) is 45.7 Å². The van der Waals surface area contributed by atoms with Gasteiger partial charge in [-0.3, -0.25) is 4.98 Å². The van der Waals surface area contributed by atoms with Crippen molar-refractivity contribution in [2.24, 2.45) is 28.1 Å². The topological polar surface area (TPSA) is 70.8 Å². The molecule has 2 aliphatic heterocycles. The standard InChI is InChI=1S/C32H39NO5/c1-20-8-9-26-29(4)12-13-32(35-15-16-36-32)28(2,3)25(29)10-11-30(26,5)31(20)18-22-24(38-31)17-23(37-27(22)34)21-7-6-14-33-19-21/h6-8,14,17,19,25-26H,9-13,15-16,18H2,1-5H3/t25-,26+,29-,30+,31-/m0/s1. The maximum absolute atomic E-state index is 13.3. The van der Waals surface area contributed by atoms with Gasteiger partial charge in [0.05, 0.1) is 18.8 Å². The van der Waals surface area contributed by atoms with Gasteiger partial charge in [0.15, 0.2) is 5.79 Å². The van der Waals surface area contributed by atoms with Crippen LogP contribution >= 0.6 is 0 Å². The average Bonchev–Trinajstić information content (AvgIpc) is 3.53. The minimum atomic E-state index is -0.548. The largest absolute Gasteiger partial charge is 0.481 e. The predicted octanol–water partition coefficient (Wildman–Crippen LogP) is 6.33. The zero-order valence-corrected chi connectivity index (χ0v) is 23.3. The van der Waals surface area contributed by atoms with E-state index < -0.39 is 11.4 Å². The predicted molar refractivity (Wildman–Crippen MR) is 144 cm³/mol. The molecule has 6 heteroatoms. The van der Waals surface area contributed by atoms with Crippen molar-refractivity contribution < 1.29 is 18.6 Å². The number of hydrogen-bond donors (Lipinski definition) is 0. The molecular formula is C32H39NO5. The Balaban J connectivity index is 1.29. The normalized spacial score (nSPS) is 38.3. The van der Waals surface area contributed by atoms with Crippen LogP contribution in [-0.2, 0) is 15.9 Å². The molecule has 5 atom stereocenters. The number of aromatic nitrogens is 1. The average molecular weight is 518 g/mol. The highest BCUT2D eigenvalue weighted by molar-refractivity contribution is 5.59. The van der Waals surface area contributed by atoms with E-state index >= 15 is 0 Å². The van der Waals surface area contributed by atoms with Crippen molar-refractivity contribution in [1.82, 2.24) is 4.98 Å². The second-order valence-corrected chi connectivity index (χ2v) is 13.4. The minimum Gasteiger partial charge on any atom is -0.481 e. The van der Waals surface area contributed by atoms with Crippen LogP contribution in [0, 0.1) is 28.1 Å². The van der Waals surface area contributed by atoms with Gasteiger partial charge < -0.3 is 18.6 Å². The molecule has 0 N–H and O–H groups in total. The zero-order valence-electron chi connectivity index (χ0n) is 23.3. The van der Waals surface area contributed by atoms with Gasteiger partial charge in [0.1, 0.15) is 17.1 Å². The highest BCUT2D eigenvalue weighted by Gasteiger charge is 2.71. The second-order valence-electron chi connectivity index (χ2n) is 13.4. The quantitative estimate of drug-likeness (QED) is 0.412. The first-order valence-corrected chi connectivity index (χ1v) is 14.3. The summed E-state index contributed by atoms with van der Waals surface area (Å²) in [6, 6.07) is 5.66. The fraction of sp³-hybridized carbons (Fsp3) is 0.625. The summed E-state index contributed by atoms with van der Waals surface area (Å²) in [5.41, 5.74) is 1.75. The minimum absolute atomic E-state index is 0.0830. The molecule has 7 rings (SSSR count). The van der Waals surface area contributed by atoms with E-state index in [1.165, 1.54) is 5.57 Å². The van der Waals surface area contributed by atoms with Crippen molar-refractivity contribution in [3.8, 4) is 17.1 Å². The van der Waals surface area contributed by atoms with E-state index in [0.717, 1.165) is 37.7 Å². The number of hydrogen-bond acceptors (Lipinski definition) is 6. The van der Waals surface area contributed by atoms with E-state index in [9.17, 15) is 4.79 Å². The van der Waals surface area contributed by atoms with Gasteiger partial charge in [-0.15, -0.1) is 0 Å². The molecule has 0 amide bonds. The Morgan fingerprint density at radius 2 is 1.82 bits per heavy atom. The first-order chi connectivity index (χ1) is 18.1. The number of ether oxygens (including phenoxy) is 3. The summed E-state index contributed by atoms with van der Waals surface area (Å²) in [4.78, 5) is 17.5. The molecule has 38 heavy (non-hydrogen) atoms. The van der Waals surface area contributed by atoms with Gasteiger partial charge >= 0.3 is 5.63 Å². The fourth-order valence-electron chi connectivity index (χ4n) is 9.78. The maximum Gasteiger partial charge on any atom is 0.343 e. The molecule has 6 nitrogen and oxygen atoms in total. The van der Waals surface area contributed by atoms with Crippen molar-refractivity contribution in [1.29, 1.82) is 0 Å². The summed E-state index contributed by atoms with van der Waals surface area (Å²) in [7, 11) is 0. The van der Waals surface area contributed by atoms with Crippen LogP contribution in [-0.4, -0.2) is 29.6 Å². The highest BCUT2D eigenvalue weighted by atomic mass is 16.7. The summed E-state index contributed by atoms with van der Waals surface area (Å²) in [6.07, 6.45) is 11.6. The molecule has 2 aromatic heterocycles. The summed E-state index contributed by atoms with van der Waals surface area (Å²) < 4.78 is 25.6. The van der Waals surface area contributed by atoms with Crippen LogP contribution in [0.5, 0.6) is 5.75 Å². The summed E-state index contributed by atoms with van der Waals surface area (Å²) in [6.45, 7) is 13.3. The third-order valence-electron chi connectivity index (χ3n) is 11.8. The van der Waals surface area contributed by atoms with E-state index in [0.29, 0.717) is 48.5 Å². The molecule has 0 radical (unpaired) electrons. The Morgan fingerprint density at radius 1 is 1.03 bits per heavy atom. The fourth-order valence-corrected chi connectivity index (χ4v) is 9.78.